The van der Waals surface area contributed by atoms with Gasteiger partial charge in [0.1, 0.15) is 12.4 Å². The number of nitrogens with one attached hydrogen (secondary N) is 1. The lowest BCUT2D eigenvalue weighted by atomic mass is 10.2. The van der Waals surface area contributed by atoms with Crippen LogP contribution >= 0.6 is 0 Å². The van der Waals surface area contributed by atoms with Crippen LogP contribution in [0.4, 0.5) is 4.39 Å². The second-order valence-corrected chi connectivity index (χ2v) is 3.85. The molecule has 0 fully saturated rings. The molecule has 1 N–H and O–H groups in total. The molecule has 0 spiro atoms. The number of rotatable bonds is 6. The molecule has 1 aromatic rings. The predicted molar refractivity (Wildman–Crippen MR) is 71.4 cm³/mol. The lowest BCUT2D eigenvalue weighted by Gasteiger charge is -2.03. The molecule has 0 aromatic heterocycles. The molecule has 21 heavy (non-hydrogen) atoms. The van der Waals surface area contributed by atoms with Gasteiger partial charge >= 0.3 is 11.9 Å². The van der Waals surface area contributed by atoms with Crippen LogP contribution in [0.25, 0.3) is 6.08 Å². The summed E-state index contributed by atoms with van der Waals surface area (Å²) in [6.45, 7) is -0.804. The van der Waals surface area contributed by atoms with Crippen LogP contribution in [0.2, 0.25) is 0 Å². The summed E-state index contributed by atoms with van der Waals surface area (Å²) in [5, 5.41) is 2.21. The Balaban J connectivity index is 2.32. The zero-order valence-electron chi connectivity index (χ0n) is 11.3. The van der Waals surface area contributed by atoms with Gasteiger partial charge in [0.15, 0.2) is 6.61 Å². The first kappa shape index (κ1) is 16.4. The summed E-state index contributed by atoms with van der Waals surface area (Å²) in [7, 11) is 1.19. The number of amides is 1. The Hall–Kier alpha value is -2.70. The number of halogens is 1. The molecule has 112 valence electrons. The maximum Gasteiger partial charge on any atom is 0.331 e. The Kier molecular flexibility index (Phi) is 6.59. The van der Waals surface area contributed by atoms with E-state index in [1.807, 2.05) is 0 Å². The van der Waals surface area contributed by atoms with Gasteiger partial charge in [-0.1, -0.05) is 12.1 Å². The third kappa shape index (κ3) is 6.86. The van der Waals surface area contributed by atoms with Crippen molar-refractivity contribution in [2.24, 2.45) is 0 Å². The van der Waals surface area contributed by atoms with Gasteiger partial charge in [0.2, 0.25) is 0 Å². The number of benzene rings is 1. The number of methoxy groups -OCH3 is 1. The Labute approximate surface area is 120 Å². The molecule has 0 saturated heterocycles. The van der Waals surface area contributed by atoms with E-state index in [4.69, 9.17) is 0 Å². The smallest absolute Gasteiger partial charge is 0.331 e. The lowest BCUT2D eigenvalue weighted by molar-refractivity contribution is -0.145. The standard InChI is InChI=1S/C14H14FNO5/c1-20-14(19)8-16-12(17)9-21-13(18)7-4-10-2-5-11(15)6-3-10/h2-7H,8-9H2,1H3,(H,16,17). The quantitative estimate of drug-likeness (QED) is 0.616. The van der Waals surface area contributed by atoms with Crippen molar-refractivity contribution in [1.82, 2.24) is 5.32 Å². The van der Waals surface area contributed by atoms with E-state index in [2.05, 4.69) is 14.8 Å². The van der Waals surface area contributed by atoms with E-state index in [1.165, 1.54) is 37.5 Å². The number of ether oxygens (including phenoxy) is 2. The summed E-state index contributed by atoms with van der Waals surface area (Å²) in [6.07, 6.45) is 2.54. The zero-order chi connectivity index (χ0) is 15.7. The summed E-state index contributed by atoms with van der Waals surface area (Å²) in [4.78, 5) is 33.3. The summed E-state index contributed by atoms with van der Waals surface area (Å²) in [6, 6.07) is 5.49. The van der Waals surface area contributed by atoms with Crippen molar-refractivity contribution in [1.29, 1.82) is 0 Å². The molecule has 0 atom stereocenters. The molecule has 7 heteroatoms. The van der Waals surface area contributed by atoms with Crippen molar-refractivity contribution in [3.05, 3.63) is 41.7 Å². The largest absolute Gasteiger partial charge is 0.468 e. The minimum atomic E-state index is -0.729. The maximum atomic E-state index is 12.7. The Morgan fingerprint density at radius 1 is 1.24 bits per heavy atom. The molecule has 1 aromatic carbocycles. The fourth-order valence-electron chi connectivity index (χ4n) is 1.22. The van der Waals surface area contributed by atoms with E-state index >= 15 is 0 Å². The summed E-state index contributed by atoms with van der Waals surface area (Å²) < 4.78 is 21.6. The summed E-state index contributed by atoms with van der Waals surface area (Å²) in [5.41, 5.74) is 0.614. The fourth-order valence-corrected chi connectivity index (χ4v) is 1.22. The highest BCUT2D eigenvalue weighted by Crippen LogP contribution is 2.04. The molecule has 0 heterocycles. The lowest BCUT2D eigenvalue weighted by Crippen LogP contribution is -2.33. The predicted octanol–water partition coefficient (Wildman–Crippen LogP) is 0.671. The maximum absolute atomic E-state index is 12.7. The number of hydrogen-bond acceptors (Lipinski definition) is 5. The van der Waals surface area contributed by atoms with Crippen molar-refractivity contribution in [2.75, 3.05) is 20.3 Å². The highest BCUT2D eigenvalue weighted by molar-refractivity contribution is 5.89. The first-order chi connectivity index (χ1) is 10.0. The highest BCUT2D eigenvalue weighted by Gasteiger charge is 2.07. The second-order valence-electron chi connectivity index (χ2n) is 3.85. The molecule has 0 aliphatic carbocycles. The summed E-state index contributed by atoms with van der Waals surface area (Å²) in [5.74, 6) is -2.33. The monoisotopic (exact) mass is 295 g/mol. The Morgan fingerprint density at radius 2 is 1.90 bits per heavy atom. The van der Waals surface area contributed by atoms with Crippen LogP contribution in [-0.4, -0.2) is 38.1 Å². The van der Waals surface area contributed by atoms with E-state index in [0.717, 1.165) is 6.08 Å². The van der Waals surface area contributed by atoms with Crippen molar-refractivity contribution in [2.45, 2.75) is 0 Å². The number of carbonyl (C=O) groups is 3. The minimum absolute atomic E-state index is 0.293. The molecule has 0 aliphatic rings. The normalized spacial score (nSPS) is 10.2. The first-order valence-electron chi connectivity index (χ1n) is 5.95. The van der Waals surface area contributed by atoms with Crippen LogP contribution in [0.3, 0.4) is 0 Å². The Morgan fingerprint density at radius 3 is 2.52 bits per heavy atom. The van der Waals surface area contributed by atoms with Crippen LogP contribution in [-0.2, 0) is 23.9 Å². The molecule has 0 unspecified atom stereocenters. The van der Waals surface area contributed by atoms with Gasteiger partial charge < -0.3 is 14.8 Å². The Bertz CT molecular complexity index is 539. The topological polar surface area (TPSA) is 81.7 Å². The van der Waals surface area contributed by atoms with Gasteiger partial charge in [0, 0.05) is 6.08 Å². The molecule has 1 amide bonds. The number of hydrogen-bond donors (Lipinski definition) is 1. The number of esters is 2. The van der Waals surface area contributed by atoms with Crippen LogP contribution in [0.5, 0.6) is 0 Å². The van der Waals surface area contributed by atoms with Gasteiger partial charge in [-0.05, 0) is 23.8 Å². The summed E-state index contributed by atoms with van der Waals surface area (Å²) >= 11 is 0. The average Bonchev–Trinajstić information content (AvgIpc) is 2.49. The van der Waals surface area contributed by atoms with Crippen molar-refractivity contribution in [3.8, 4) is 0 Å². The molecule has 0 aliphatic heterocycles. The van der Waals surface area contributed by atoms with Gasteiger partial charge in [0.05, 0.1) is 7.11 Å². The fraction of sp³-hybridized carbons (Fsp3) is 0.214. The van der Waals surface area contributed by atoms with Gasteiger partial charge in [-0.3, -0.25) is 9.59 Å². The zero-order valence-corrected chi connectivity index (χ0v) is 11.3. The third-order valence-electron chi connectivity index (χ3n) is 2.28. The molecule has 0 saturated carbocycles. The average molecular weight is 295 g/mol. The SMILES string of the molecule is COC(=O)CNC(=O)COC(=O)C=Cc1ccc(F)cc1. The molecule has 6 nitrogen and oxygen atoms in total. The van der Waals surface area contributed by atoms with Crippen LogP contribution < -0.4 is 5.32 Å². The van der Waals surface area contributed by atoms with E-state index in [0.29, 0.717) is 5.56 Å². The molecular weight excluding hydrogens is 281 g/mol. The van der Waals surface area contributed by atoms with E-state index < -0.39 is 24.5 Å². The molecule has 1 rings (SSSR count). The van der Waals surface area contributed by atoms with Crippen LogP contribution in [0.1, 0.15) is 5.56 Å². The number of carbonyl (C=O) groups excluding carboxylic acids is 3. The van der Waals surface area contributed by atoms with Gasteiger partial charge in [-0.2, -0.15) is 0 Å². The van der Waals surface area contributed by atoms with E-state index in [-0.39, 0.29) is 12.4 Å². The molecule has 0 radical (unpaired) electrons. The van der Waals surface area contributed by atoms with E-state index in [9.17, 15) is 18.8 Å². The van der Waals surface area contributed by atoms with Crippen molar-refractivity contribution >= 4 is 23.9 Å². The van der Waals surface area contributed by atoms with Crippen molar-refractivity contribution in [3.63, 3.8) is 0 Å². The van der Waals surface area contributed by atoms with E-state index in [1.54, 1.807) is 0 Å². The minimum Gasteiger partial charge on any atom is -0.468 e. The molecular formula is C14H14FNO5. The van der Waals surface area contributed by atoms with Crippen LogP contribution in [0.15, 0.2) is 30.3 Å². The third-order valence-corrected chi connectivity index (χ3v) is 2.28. The highest BCUT2D eigenvalue weighted by atomic mass is 19.1. The first-order valence-corrected chi connectivity index (χ1v) is 5.95. The van der Waals surface area contributed by atoms with Crippen molar-refractivity contribution < 1.29 is 28.2 Å². The van der Waals surface area contributed by atoms with Gasteiger partial charge in [-0.25, -0.2) is 9.18 Å². The van der Waals surface area contributed by atoms with Crippen LogP contribution in [0, 0.1) is 5.82 Å². The second kappa shape index (κ2) is 8.47. The van der Waals surface area contributed by atoms with Gasteiger partial charge in [0.25, 0.3) is 5.91 Å². The molecule has 0 bridgehead atoms. The van der Waals surface area contributed by atoms with Gasteiger partial charge in [-0.15, -0.1) is 0 Å².